The number of carbonyl (C=O) groups is 1. The summed E-state index contributed by atoms with van der Waals surface area (Å²) < 4.78 is 16.4. The minimum absolute atomic E-state index is 0.0619. The van der Waals surface area contributed by atoms with Crippen LogP contribution in [0.4, 0.5) is 21.6 Å². The first-order chi connectivity index (χ1) is 18.6. The minimum Gasteiger partial charge on any atom is -0.341 e. The van der Waals surface area contributed by atoms with E-state index in [0.29, 0.717) is 17.8 Å². The summed E-state index contributed by atoms with van der Waals surface area (Å²) in [5.41, 5.74) is 4.57. The number of rotatable bonds is 5. The van der Waals surface area contributed by atoms with E-state index in [1.54, 1.807) is 17.2 Å². The van der Waals surface area contributed by atoms with Gasteiger partial charge in [0.1, 0.15) is 22.9 Å². The van der Waals surface area contributed by atoms with E-state index in [0.717, 1.165) is 53.5 Å². The van der Waals surface area contributed by atoms with E-state index >= 15 is 0 Å². The normalized spacial score (nSPS) is 19.7. The summed E-state index contributed by atoms with van der Waals surface area (Å²) in [4.78, 5) is 26.8. The zero-order valence-electron chi connectivity index (χ0n) is 21.0. The van der Waals surface area contributed by atoms with Crippen LogP contribution < -0.4 is 10.2 Å². The van der Waals surface area contributed by atoms with Crippen molar-refractivity contribution in [1.29, 1.82) is 0 Å². The molecule has 2 atom stereocenters. The van der Waals surface area contributed by atoms with Crippen LogP contribution in [0.2, 0.25) is 0 Å². The largest absolute Gasteiger partial charge is 0.341 e. The Bertz CT molecular complexity index is 1560. The summed E-state index contributed by atoms with van der Waals surface area (Å²) in [5.74, 6) is 1.10. The van der Waals surface area contributed by atoms with E-state index in [4.69, 9.17) is 4.99 Å². The molecule has 1 N–H and O–H groups in total. The van der Waals surface area contributed by atoms with Gasteiger partial charge in [0.15, 0.2) is 0 Å². The van der Waals surface area contributed by atoms with Crippen LogP contribution in [0.5, 0.6) is 0 Å². The lowest BCUT2D eigenvalue weighted by molar-refractivity contribution is 0.0866. The van der Waals surface area contributed by atoms with E-state index in [1.807, 2.05) is 61.6 Å². The lowest BCUT2D eigenvalue weighted by Crippen LogP contribution is -2.51. The predicted molar refractivity (Wildman–Crippen MR) is 146 cm³/mol. The molecule has 1 fully saturated rings. The van der Waals surface area contributed by atoms with E-state index in [2.05, 4.69) is 26.0 Å². The van der Waals surface area contributed by atoms with Crippen molar-refractivity contribution in [3.63, 3.8) is 0 Å². The number of fused-ring (bicyclic) bond motifs is 5. The number of nitrogens with zero attached hydrogens (tertiary/aromatic N) is 5. The maximum Gasteiger partial charge on any atom is 0.266 e. The summed E-state index contributed by atoms with van der Waals surface area (Å²) >= 11 is 0. The van der Waals surface area contributed by atoms with Gasteiger partial charge in [0.2, 0.25) is 5.96 Å². The Morgan fingerprint density at radius 2 is 1.84 bits per heavy atom. The highest BCUT2D eigenvalue weighted by molar-refractivity contribution is 6.22. The number of nitrogens with one attached hydrogen (secondary N) is 1. The molecule has 7 rings (SSSR count). The monoisotopic (exact) mass is 506 g/mol. The molecule has 1 aliphatic carbocycles. The molecule has 0 saturated heterocycles. The molecule has 0 spiro atoms. The Labute approximate surface area is 220 Å². The summed E-state index contributed by atoms with van der Waals surface area (Å²) in [6, 6.07) is 21.2. The fraction of sp³-hybridized carbons (Fsp3) is 0.233. The third-order valence-electron chi connectivity index (χ3n) is 7.78. The molecular formula is C30H27FN6O. The molecule has 190 valence electrons. The maximum absolute atomic E-state index is 14.3. The van der Waals surface area contributed by atoms with Gasteiger partial charge in [0.05, 0.1) is 17.8 Å². The van der Waals surface area contributed by atoms with Gasteiger partial charge >= 0.3 is 0 Å². The first-order valence-corrected chi connectivity index (χ1v) is 13.0. The second kappa shape index (κ2) is 8.83. The fourth-order valence-electron chi connectivity index (χ4n) is 5.94. The Morgan fingerprint density at radius 3 is 2.63 bits per heavy atom. The second-order valence-corrected chi connectivity index (χ2v) is 10.1. The number of anilines is 3. The molecule has 1 saturated carbocycles. The van der Waals surface area contributed by atoms with E-state index in [-0.39, 0.29) is 23.8 Å². The van der Waals surface area contributed by atoms with Crippen molar-refractivity contribution in [2.24, 2.45) is 4.99 Å². The molecular weight excluding hydrogens is 479 g/mol. The smallest absolute Gasteiger partial charge is 0.266 e. The van der Waals surface area contributed by atoms with Crippen molar-refractivity contribution >= 4 is 29.1 Å². The number of halogens is 1. The van der Waals surface area contributed by atoms with Gasteiger partial charge in [-0.1, -0.05) is 42.5 Å². The Kier molecular flexibility index (Phi) is 5.28. The fourth-order valence-corrected chi connectivity index (χ4v) is 5.94. The van der Waals surface area contributed by atoms with Gasteiger partial charge in [-0.25, -0.2) is 9.38 Å². The van der Waals surface area contributed by atoms with Crippen LogP contribution in [-0.4, -0.2) is 45.4 Å². The number of aromatic nitrogens is 2. The van der Waals surface area contributed by atoms with Crippen molar-refractivity contribution in [3.05, 3.63) is 96.1 Å². The molecule has 0 radical (unpaired) electrons. The van der Waals surface area contributed by atoms with Gasteiger partial charge < -0.3 is 14.8 Å². The third-order valence-corrected chi connectivity index (χ3v) is 7.78. The Morgan fingerprint density at radius 1 is 1.03 bits per heavy atom. The summed E-state index contributed by atoms with van der Waals surface area (Å²) in [6.45, 7) is 0.540. The number of amides is 1. The van der Waals surface area contributed by atoms with E-state index in [9.17, 15) is 9.18 Å². The molecule has 0 bridgehead atoms. The summed E-state index contributed by atoms with van der Waals surface area (Å²) in [6.07, 6.45) is 6.94. The molecule has 4 aromatic rings. The first-order valence-electron chi connectivity index (χ1n) is 13.0. The van der Waals surface area contributed by atoms with Gasteiger partial charge in [-0.05, 0) is 49.1 Å². The number of hydrogen-bond donors (Lipinski definition) is 1. The number of pyridine rings is 1. The minimum atomic E-state index is -0.344. The average molecular weight is 507 g/mol. The highest BCUT2D eigenvalue weighted by atomic mass is 19.1. The molecule has 2 aromatic carbocycles. The summed E-state index contributed by atoms with van der Waals surface area (Å²) in [5, 5.41) is 3.53. The van der Waals surface area contributed by atoms with Crippen molar-refractivity contribution in [3.8, 4) is 11.3 Å². The molecule has 7 nitrogen and oxygen atoms in total. The second-order valence-electron chi connectivity index (χ2n) is 10.1. The van der Waals surface area contributed by atoms with Crippen molar-refractivity contribution in [2.45, 2.75) is 37.9 Å². The van der Waals surface area contributed by atoms with E-state index in [1.165, 1.54) is 6.07 Å². The Hall–Kier alpha value is -4.46. The molecule has 4 heterocycles. The summed E-state index contributed by atoms with van der Waals surface area (Å²) in [7, 11) is 1.82. The van der Waals surface area contributed by atoms with Crippen LogP contribution in [0.3, 0.4) is 0 Å². The highest BCUT2D eigenvalue weighted by Gasteiger charge is 2.48. The van der Waals surface area contributed by atoms with Crippen LogP contribution in [0.15, 0.2) is 84.1 Å². The predicted octanol–water partition coefficient (Wildman–Crippen LogP) is 5.66. The van der Waals surface area contributed by atoms with Crippen LogP contribution >= 0.6 is 0 Å². The van der Waals surface area contributed by atoms with Gasteiger partial charge in [-0.2, -0.15) is 0 Å². The van der Waals surface area contributed by atoms with E-state index < -0.39 is 0 Å². The van der Waals surface area contributed by atoms with Gasteiger partial charge in [-0.15, -0.1) is 0 Å². The molecule has 8 heteroatoms. The van der Waals surface area contributed by atoms with Crippen LogP contribution in [0, 0.1) is 5.82 Å². The van der Waals surface area contributed by atoms with Crippen LogP contribution in [-0.2, 0) is 6.54 Å². The van der Waals surface area contributed by atoms with Crippen LogP contribution in [0.25, 0.3) is 11.3 Å². The van der Waals surface area contributed by atoms with Gasteiger partial charge in [0.25, 0.3) is 5.91 Å². The standard InChI is InChI=1S/C30H27FN6O/c1-35-29(38)26-25(37-24-11-5-10-23(24)34-30(35)37)18-36(28(26)33-21-7-3-2-4-8-21)17-19-12-14-20(15-13-19)27-22(31)9-6-16-32-27/h2-4,6-9,12-16,18,23-24,33H,5,10-11,17H2,1H3/t23-,24+/m1/s1. The third kappa shape index (κ3) is 3.59. The number of hydrogen-bond acceptors (Lipinski definition) is 5. The molecule has 2 aromatic heterocycles. The highest BCUT2D eigenvalue weighted by Crippen LogP contribution is 2.44. The maximum atomic E-state index is 14.3. The van der Waals surface area contributed by atoms with Crippen molar-refractivity contribution in [1.82, 2.24) is 14.5 Å². The van der Waals surface area contributed by atoms with Crippen molar-refractivity contribution < 1.29 is 9.18 Å². The zero-order valence-corrected chi connectivity index (χ0v) is 21.0. The lowest BCUT2D eigenvalue weighted by Gasteiger charge is -2.35. The van der Waals surface area contributed by atoms with Crippen molar-refractivity contribution in [2.75, 3.05) is 17.3 Å². The average Bonchev–Trinajstić information content (AvgIpc) is 3.63. The molecule has 0 unspecified atom stereocenters. The molecule has 2 aliphatic heterocycles. The van der Waals surface area contributed by atoms with Gasteiger partial charge in [-0.3, -0.25) is 14.7 Å². The Balaban J connectivity index is 1.30. The molecule has 1 amide bonds. The number of para-hydroxylation sites is 1. The zero-order chi connectivity index (χ0) is 25.8. The molecule has 3 aliphatic rings. The van der Waals surface area contributed by atoms with Gasteiger partial charge in [0, 0.05) is 37.2 Å². The number of guanidine groups is 1. The molecule has 38 heavy (non-hydrogen) atoms. The number of benzene rings is 2. The quantitative estimate of drug-likeness (QED) is 0.379. The number of carbonyl (C=O) groups excluding carboxylic acids is 1. The first kappa shape index (κ1) is 22.7. The lowest BCUT2D eigenvalue weighted by atomic mass is 10.1. The van der Waals surface area contributed by atoms with Crippen LogP contribution in [0.1, 0.15) is 35.2 Å². The topological polar surface area (TPSA) is 65.8 Å². The number of aliphatic imine (C=N–C) groups is 1. The SMILES string of the molecule is CN1C(=O)c2c(cn(Cc3ccc(-c4ncccc4F)cc3)c2Nc2ccccc2)N2C1=N[C@@H]1CCC[C@@H]12.